The molecule has 3 aromatic rings. The van der Waals surface area contributed by atoms with Crippen LogP contribution in [0.3, 0.4) is 0 Å². The van der Waals surface area contributed by atoms with Gasteiger partial charge in [0.1, 0.15) is 11.6 Å². The smallest absolute Gasteiger partial charge is 0.214 e. The van der Waals surface area contributed by atoms with E-state index in [2.05, 4.69) is 41.0 Å². The quantitative estimate of drug-likeness (QED) is 0.616. The molecule has 0 fully saturated rings. The first kappa shape index (κ1) is 20.3. The van der Waals surface area contributed by atoms with Crippen molar-refractivity contribution in [3.8, 4) is 11.3 Å². The van der Waals surface area contributed by atoms with Gasteiger partial charge in [-0.15, -0.1) is 0 Å². The summed E-state index contributed by atoms with van der Waals surface area (Å²) >= 11 is 5.96. The Morgan fingerprint density at radius 3 is 2.46 bits per heavy atom. The van der Waals surface area contributed by atoms with Gasteiger partial charge < -0.3 is 14.5 Å². The number of ether oxygens (including phenoxy) is 1. The predicted octanol–water partition coefficient (Wildman–Crippen LogP) is 5.15. The van der Waals surface area contributed by atoms with Crippen LogP contribution in [0.1, 0.15) is 43.9 Å². The van der Waals surface area contributed by atoms with E-state index >= 15 is 0 Å². The number of rotatable bonds is 6. The van der Waals surface area contributed by atoms with E-state index in [1.54, 1.807) is 7.11 Å². The maximum absolute atomic E-state index is 5.96. The van der Waals surface area contributed by atoms with Crippen LogP contribution in [0, 0.1) is 6.92 Å². The number of aryl methyl sites for hydroxylation is 1. The number of nitrogens with one attached hydrogen (secondary N) is 1. The molecule has 2 aromatic heterocycles. The molecule has 6 nitrogen and oxygen atoms in total. The molecule has 0 radical (unpaired) electrons. The Balaban J connectivity index is 1.79. The first-order valence-corrected chi connectivity index (χ1v) is 9.47. The van der Waals surface area contributed by atoms with Crippen LogP contribution < -0.4 is 5.32 Å². The molecule has 0 aliphatic carbocycles. The molecule has 0 bridgehead atoms. The molecule has 0 atom stereocenters. The molecule has 1 aromatic carbocycles. The fraction of sp³-hybridized carbons (Fsp3) is 0.381. The molecular weight excluding hydrogens is 376 g/mol. The highest BCUT2D eigenvalue weighted by Gasteiger charge is 2.19. The lowest BCUT2D eigenvalue weighted by molar-refractivity contribution is 0.181. The van der Waals surface area contributed by atoms with Gasteiger partial charge in [0.05, 0.1) is 24.5 Å². The number of oxazole rings is 1. The average molecular weight is 401 g/mol. The van der Waals surface area contributed by atoms with Crippen LogP contribution in [0.4, 0.5) is 5.82 Å². The second kappa shape index (κ2) is 8.29. The van der Waals surface area contributed by atoms with Gasteiger partial charge in [-0.25, -0.2) is 15.0 Å². The van der Waals surface area contributed by atoms with E-state index in [4.69, 9.17) is 20.8 Å². The Bertz CT molecular complexity index is 946. The molecule has 0 spiro atoms. The minimum Gasteiger partial charge on any atom is -0.438 e. The monoisotopic (exact) mass is 400 g/mol. The highest BCUT2D eigenvalue weighted by atomic mass is 35.5. The number of methoxy groups -OCH3 is 1. The van der Waals surface area contributed by atoms with Crippen LogP contribution in [0.25, 0.3) is 11.3 Å². The zero-order valence-corrected chi connectivity index (χ0v) is 17.6. The van der Waals surface area contributed by atoms with Crippen molar-refractivity contribution in [2.45, 2.75) is 46.3 Å². The van der Waals surface area contributed by atoms with Gasteiger partial charge in [-0.1, -0.05) is 32.4 Å². The van der Waals surface area contributed by atoms with Crippen molar-refractivity contribution in [2.24, 2.45) is 0 Å². The largest absolute Gasteiger partial charge is 0.438 e. The summed E-state index contributed by atoms with van der Waals surface area (Å²) in [6, 6.07) is 9.40. The highest BCUT2D eigenvalue weighted by molar-refractivity contribution is 6.30. The standard InChI is InChI=1S/C21H25ClN4O2/c1-13-19(14-6-8-15(22)9-7-14)28-18(24-13)11-23-17-10-16(12-27-5)25-20(26-17)21(2,3)4/h6-10H,11-12H2,1-5H3,(H,23,25,26). The molecular formula is C21H25ClN4O2. The van der Waals surface area contributed by atoms with Crippen molar-refractivity contribution in [3.63, 3.8) is 0 Å². The Labute approximate surface area is 170 Å². The zero-order chi connectivity index (χ0) is 20.3. The van der Waals surface area contributed by atoms with Gasteiger partial charge in [0.25, 0.3) is 0 Å². The Morgan fingerprint density at radius 1 is 1.11 bits per heavy atom. The lowest BCUT2D eigenvalue weighted by Gasteiger charge is -2.18. The number of halogens is 1. The van der Waals surface area contributed by atoms with Gasteiger partial charge in [-0.3, -0.25) is 0 Å². The third kappa shape index (κ3) is 4.88. The molecule has 148 valence electrons. The van der Waals surface area contributed by atoms with Crippen LogP contribution in [-0.4, -0.2) is 22.1 Å². The maximum Gasteiger partial charge on any atom is 0.214 e. The Morgan fingerprint density at radius 2 is 1.82 bits per heavy atom. The van der Waals surface area contributed by atoms with Crippen molar-refractivity contribution >= 4 is 17.4 Å². The van der Waals surface area contributed by atoms with E-state index in [1.807, 2.05) is 37.3 Å². The van der Waals surface area contributed by atoms with Gasteiger partial charge >= 0.3 is 0 Å². The van der Waals surface area contributed by atoms with Gasteiger partial charge in [-0.2, -0.15) is 0 Å². The van der Waals surface area contributed by atoms with Crippen molar-refractivity contribution in [3.05, 3.63) is 58.5 Å². The molecule has 0 aliphatic heterocycles. The summed E-state index contributed by atoms with van der Waals surface area (Å²) in [6.45, 7) is 9.02. The number of aromatic nitrogens is 3. The van der Waals surface area contributed by atoms with E-state index < -0.39 is 0 Å². The number of hydrogen-bond donors (Lipinski definition) is 1. The molecule has 0 saturated heterocycles. The van der Waals surface area contributed by atoms with Crippen LogP contribution in [0.5, 0.6) is 0 Å². The third-order valence-electron chi connectivity index (χ3n) is 4.11. The van der Waals surface area contributed by atoms with E-state index in [9.17, 15) is 0 Å². The van der Waals surface area contributed by atoms with Gasteiger partial charge in [0.15, 0.2) is 5.76 Å². The summed E-state index contributed by atoms with van der Waals surface area (Å²) in [5.41, 5.74) is 2.44. The molecule has 0 saturated carbocycles. The van der Waals surface area contributed by atoms with Crippen LogP contribution in [0.15, 0.2) is 34.7 Å². The van der Waals surface area contributed by atoms with Crippen molar-refractivity contribution in [1.82, 2.24) is 15.0 Å². The normalized spacial score (nSPS) is 11.6. The average Bonchev–Trinajstić information content (AvgIpc) is 3.01. The summed E-state index contributed by atoms with van der Waals surface area (Å²) in [5.74, 6) is 2.81. The molecule has 0 unspecified atom stereocenters. The molecule has 0 amide bonds. The summed E-state index contributed by atoms with van der Waals surface area (Å²) < 4.78 is 11.2. The topological polar surface area (TPSA) is 73.1 Å². The first-order valence-electron chi connectivity index (χ1n) is 9.10. The lowest BCUT2D eigenvalue weighted by atomic mass is 9.95. The van der Waals surface area contributed by atoms with Gasteiger partial charge in [-0.05, 0) is 31.2 Å². The fourth-order valence-electron chi connectivity index (χ4n) is 2.71. The minimum atomic E-state index is -0.165. The predicted molar refractivity (Wildman–Crippen MR) is 110 cm³/mol. The van der Waals surface area contributed by atoms with E-state index in [-0.39, 0.29) is 5.41 Å². The first-order chi connectivity index (χ1) is 13.3. The van der Waals surface area contributed by atoms with Crippen molar-refractivity contribution in [1.29, 1.82) is 0 Å². The maximum atomic E-state index is 5.96. The fourth-order valence-corrected chi connectivity index (χ4v) is 2.83. The molecule has 1 N–H and O–H groups in total. The molecule has 7 heteroatoms. The molecule has 0 aliphatic rings. The lowest BCUT2D eigenvalue weighted by Crippen LogP contribution is -2.18. The molecule has 3 rings (SSSR count). The van der Waals surface area contributed by atoms with Crippen molar-refractivity contribution < 1.29 is 9.15 Å². The third-order valence-corrected chi connectivity index (χ3v) is 4.36. The molecule has 2 heterocycles. The Hall–Kier alpha value is -2.44. The van der Waals surface area contributed by atoms with Crippen LogP contribution in [-0.2, 0) is 23.3 Å². The number of anilines is 1. The number of hydrogen-bond acceptors (Lipinski definition) is 6. The van der Waals surface area contributed by atoms with Crippen LogP contribution >= 0.6 is 11.6 Å². The summed E-state index contributed by atoms with van der Waals surface area (Å²) in [7, 11) is 1.65. The number of nitrogens with zero attached hydrogens (tertiary/aromatic N) is 3. The van der Waals surface area contributed by atoms with Crippen molar-refractivity contribution in [2.75, 3.05) is 12.4 Å². The summed E-state index contributed by atoms with van der Waals surface area (Å²) in [4.78, 5) is 13.7. The Kier molecular flexibility index (Phi) is 6.01. The zero-order valence-electron chi connectivity index (χ0n) is 16.8. The van der Waals surface area contributed by atoms with E-state index in [1.165, 1.54) is 0 Å². The summed E-state index contributed by atoms with van der Waals surface area (Å²) in [5, 5.41) is 3.98. The van der Waals surface area contributed by atoms with E-state index in [0.717, 1.165) is 34.4 Å². The highest BCUT2D eigenvalue weighted by Crippen LogP contribution is 2.26. The van der Waals surface area contributed by atoms with Gasteiger partial charge in [0, 0.05) is 29.2 Å². The van der Waals surface area contributed by atoms with Gasteiger partial charge in [0.2, 0.25) is 5.89 Å². The second-order valence-electron chi connectivity index (χ2n) is 7.63. The minimum absolute atomic E-state index is 0.165. The molecule has 28 heavy (non-hydrogen) atoms. The van der Waals surface area contributed by atoms with Crippen LogP contribution in [0.2, 0.25) is 5.02 Å². The second-order valence-corrected chi connectivity index (χ2v) is 8.07. The SMILES string of the molecule is COCc1cc(NCc2nc(C)c(-c3ccc(Cl)cc3)o2)nc(C(C)(C)C)n1. The van der Waals surface area contributed by atoms with E-state index in [0.29, 0.717) is 24.1 Å². The summed E-state index contributed by atoms with van der Waals surface area (Å²) in [6.07, 6.45) is 0. The number of benzene rings is 1.